The minimum absolute atomic E-state index is 1.04. The molecule has 0 aliphatic carbocycles. The molecule has 0 radical (unpaired) electrons. The maximum atomic E-state index is 3.92. The molecule has 0 aromatic rings. The van der Waals surface area contributed by atoms with Crippen molar-refractivity contribution in [1.29, 1.82) is 0 Å². The first-order chi connectivity index (χ1) is 5.83. The highest BCUT2D eigenvalue weighted by Gasteiger charge is 2.19. The number of hydrogen-bond donors (Lipinski definition) is 0. The van der Waals surface area contributed by atoms with Crippen molar-refractivity contribution in [2.45, 2.75) is 44.7 Å². The Bertz CT molecular complexity index is 161. The predicted molar refractivity (Wildman–Crippen MR) is 69.6 cm³/mol. The SMILES string of the molecule is C=C[Si](C)(C)CCC[Si](C)(C)C=C. The molecular weight excluding hydrogens is 188 g/mol. The molecule has 76 valence electrons. The monoisotopic (exact) mass is 212 g/mol. The van der Waals surface area contributed by atoms with Gasteiger partial charge in [0.25, 0.3) is 0 Å². The van der Waals surface area contributed by atoms with E-state index in [4.69, 9.17) is 0 Å². The lowest BCUT2D eigenvalue weighted by Crippen LogP contribution is -2.25. The van der Waals surface area contributed by atoms with Crippen LogP contribution in [0.25, 0.3) is 0 Å². The van der Waals surface area contributed by atoms with E-state index in [0.29, 0.717) is 0 Å². The van der Waals surface area contributed by atoms with Crippen molar-refractivity contribution in [3.8, 4) is 0 Å². The van der Waals surface area contributed by atoms with Crippen LogP contribution in [-0.2, 0) is 0 Å². The van der Waals surface area contributed by atoms with E-state index >= 15 is 0 Å². The summed E-state index contributed by atoms with van der Waals surface area (Å²) >= 11 is 0. The summed E-state index contributed by atoms with van der Waals surface area (Å²) in [4.78, 5) is 0. The summed E-state index contributed by atoms with van der Waals surface area (Å²) in [5.74, 6) is 0. The molecule has 0 aromatic heterocycles. The Morgan fingerprint density at radius 1 is 0.846 bits per heavy atom. The summed E-state index contributed by atoms with van der Waals surface area (Å²) in [5, 5.41) is 0. The molecule has 0 heterocycles. The van der Waals surface area contributed by atoms with E-state index in [1.807, 2.05) is 0 Å². The smallest absolute Gasteiger partial charge is 0.0709 e. The van der Waals surface area contributed by atoms with Crippen molar-refractivity contribution in [3.05, 3.63) is 24.6 Å². The summed E-state index contributed by atoms with van der Waals surface area (Å²) in [5.41, 5.74) is 4.41. The average Bonchev–Trinajstić information content (AvgIpc) is 2.04. The lowest BCUT2D eigenvalue weighted by Gasteiger charge is -2.21. The molecule has 0 N–H and O–H groups in total. The Morgan fingerprint density at radius 2 is 1.15 bits per heavy atom. The van der Waals surface area contributed by atoms with Crippen molar-refractivity contribution >= 4 is 16.1 Å². The normalized spacial score (nSPS) is 12.6. The Kier molecular flexibility index (Phi) is 4.93. The molecule has 0 bridgehead atoms. The highest BCUT2D eigenvalue weighted by atomic mass is 28.3. The fourth-order valence-electron chi connectivity index (χ4n) is 1.20. The Balaban J connectivity index is 3.80. The summed E-state index contributed by atoms with van der Waals surface area (Å²) in [7, 11) is -2.08. The summed E-state index contributed by atoms with van der Waals surface area (Å²) in [6.07, 6.45) is 1.37. The highest BCUT2D eigenvalue weighted by molar-refractivity contribution is 6.83. The molecule has 0 spiro atoms. The van der Waals surface area contributed by atoms with Crippen molar-refractivity contribution in [2.24, 2.45) is 0 Å². The van der Waals surface area contributed by atoms with Crippen molar-refractivity contribution in [2.75, 3.05) is 0 Å². The van der Waals surface area contributed by atoms with Gasteiger partial charge >= 0.3 is 0 Å². The van der Waals surface area contributed by atoms with E-state index in [0.717, 1.165) is 0 Å². The van der Waals surface area contributed by atoms with Gasteiger partial charge in [-0.15, -0.1) is 24.6 Å². The molecule has 0 nitrogen and oxygen atoms in total. The molecular formula is C11H24Si2. The first-order valence-corrected chi connectivity index (χ1v) is 11.7. The molecule has 0 unspecified atom stereocenters. The van der Waals surface area contributed by atoms with Gasteiger partial charge < -0.3 is 0 Å². The molecule has 0 aliphatic rings. The Labute approximate surface area is 85.8 Å². The van der Waals surface area contributed by atoms with E-state index in [9.17, 15) is 0 Å². The van der Waals surface area contributed by atoms with E-state index < -0.39 is 16.1 Å². The van der Waals surface area contributed by atoms with Gasteiger partial charge in [0.2, 0.25) is 0 Å². The first kappa shape index (κ1) is 12.9. The highest BCUT2D eigenvalue weighted by Crippen LogP contribution is 2.20. The minimum Gasteiger partial charge on any atom is -0.107 e. The quantitative estimate of drug-likeness (QED) is 0.578. The van der Waals surface area contributed by atoms with Crippen LogP contribution < -0.4 is 0 Å². The Hall–Kier alpha value is -0.0862. The van der Waals surface area contributed by atoms with Crippen LogP contribution in [0.1, 0.15) is 6.42 Å². The van der Waals surface area contributed by atoms with Gasteiger partial charge in [-0.1, -0.05) is 44.7 Å². The largest absolute Gasteiger partial charge is 0.107 e. The standard InChI is InChI=1S/C11H24Si2/c1-7-12(3,4)10-9-11-13(5,6)8-2/h7-8H,1-2,9-11H2,3-6H3. The molecule has 0 atom stereocenters. The molecule has 0 saturated heterocycles. The number of rotatable bonds is 6. The summed E-state index contributed by atoms with van der Waals surface area (Å²) in [6, 6.07) is 2.78. The third-order valence-corrected chi connectivity index (χ3v) is 8.24. The third-order valence-electron chi connectivity index (χ3n) is 2.75. The maximum absolute atomic E-state index is 3.92. The minimum atomic E-state index is -1.04. The van der Waals surface area contributed by atoms with E-state index in [-0.39, 0.29) is 0 Å². The first-order valence-electron chi connectivity index (χ1n) is 5.10. The second kappa shape index (κ2) is 4.96. The van der Waals surface area contributed by atoms with Crippen LogP contribution in [0.3, 0.4) is 0 Å². The zero-order chi connectivity index (χ0) is 10.5. The van der Waals surface area contributed by atoms with Crippen molar-refractivity contribution < 1.29 is 0 Å². The van der Waals surface area contributed by atoms with Crippen molar-refractivity contribution in [3.63, 3.8) is 0 Å². The fraction of sp³-hybridized carbons (Fsp3) is 0.636. The molecule has 2 heteroatoms. The maximum Gasteiger partial charge on any atom is 0.0709 e. The number of hydrogen-bond acceptors (Lipinski definition) is 0. The molecule has 0 amide bonds. The van der Waals surface area contributed by atoms with Gasteiger partial charge in [-0.3, -0.25) is 0 Å². The van der Waals surface area contributed by atoms with E-state index in [1.165, 1.54) is 18.5 Å². The van der Waals surface area contributed by atoms with Crippen LogP contribution in [0.2, 0.25) is 38.3 Å². The molecule has 0 aliphatic heterocycles. The lowest BCUT2D eigenvalue weighted by atomic mass is 10.6. The predicted octanol–water partition coefficient (Wildman–Crippen LogP) is 4.24. The summed E-state index contributed by atoms with van der Waals surface area (Å²) < 4.78 is 0. The fourth-order valence-corrected chi connectivity index (χ4v) is 4.14. The second-order valence-corrected chi connectivity index (χ2v) is 15.0. The van der Waals surface area contributed by atoms with Crippen LogP contribution in [-0.4, -0.2) is 16.1 Å². The van der Waals surface area contributed by atoms with Gasteiger partial charge in [0.1, 0.15) is 0 Å². The molecule has 0 aromatic carbocycles. The van der Waals surface area contributed by atoms with Crippen molar-refractivity contribution in [1.82, 2.24) is 0 Å². The molecule has 0 rings (SSSR count). The van der Waals surface area contributed by atoms with Gasteiger partial charge in [0.05, 0.1) is 16.1 Å². The van der Waals surface area contributed by atoms with Gasteiger partial charge in [-0.2, -0.15) is 0 Å². The zero-order valence-electron chi connectivity index (χ0n) is 9.69. The van der Waals surface area contributed by atoms with Gasteiger partial charge in [-0.05, 0) is 0 Å². The molecule has 0 saturated carbocycles. The summed E-state index contributed by atoms with van der Waals surface area (Å²) in [6.45, 7) is 17.4. The third kappa shape index (κ3) is 6.05. The second-order valence-electron chi connectivity index (χ2n) is 5.24. The zero-order valence-corrected chi connectivity index (χ0v) is 11.7. The average molecular weight is 212 g/mol. The Morgan fingerprint density at radius 3 is 1.38 bits per heavy atom. The van der Waals surface area contributed by atoms with Crippen LogP contribution in [0.5, 0.6) is 0 Å². The van der Waals surface area contributed by atoms with Gasteiger partial charge in [0, 0.05) is 0 Å². The van der Waals surface area contributed by atoms with E-state index in [1.54, 1.807) is 0 Å². The topological polar surface area (TPSA) is 0 Å². The van der Waals surface area contributed by atoms with Crippen LogP contribution in [0.4, 0.5) is 0 Å². The van der Waals surface area contributed by atoms with Crippen LogP contribution in [0.15, 0.2) is 24.6 Å². The molecule has 13 heavy (non-hydrogen) atoms. The lowest BCUT2D eigenvalue weighted by molar-refractivity contribution is 1.02. The van der Waals surface area contributed by atoms with E-state index in [2.05, 4.69) is 50.7 Å². The van der Waals surface area contributed by atoms with Gasteiger partial charge in [0.15, 0.2) is 0 Å². The van der Waals surface area contributed by atoms with Gasteiger partial charge in [-0.25, -0.2) is 0 Å². The van der Waals surface area contributed by atoms with Crippen LogP contribution in [0, 0.1) is 0 Å². The molecule has 0 fully saturated rings. The van der Waals surface area contributed by atoms with Crippen LogP contribution >= 0.6 is 0 Å².